The van der Waals surface area contributed by atoms with Crippen LogP contribution in [0.4, 0.5) is 13.2 Å². The molecule has 0 saturated heterocycles. The van der Waals surface area contributed by atoms with Crippen molar-refractivity contribution in [1.82, 2.24) is 9.55 Å². The van der Waals surface area contributed by atoms with E-state index in [9.17, 15) is 13.2 Å². The number of aromatic nitrogens is 2. The number of halogens is 4. The molecule has 2 aromatic rings. The van der Waals surface area contributed by atoms with Crippen molar-refractivity contribution in [2.75, 3.05) is 0 Å². The van der Waals surface area contributed by atoms with Gasteiger partial charge in [0.15, 0.2) is 0 Å². The van der Waals surface area contributed by atoms with Crippen LogP contribution in [-0.2, 0) is 6.18 Å². The molecule has 0 aliphatic rings. The van der Waals surface area contributed by atoms with E-state index in [2.05, 4.69) is 20.9 Å². The Kier molecular flexibility index (Phi) is 3.13. The fraction of sp³-hybridized carbons (Fsp3) is 0.0909. The third-order valence-electron chi connectivity index (χ3n) is 2.23. The minimum Gasteiger partial charge on any atom is -0.292 e. The lowest BCUT2D eigenvalue weighted by atomic mass is 10.2. The minimum atomic E-state index is -4.54. The summed E-state index contributed by atoms with van der Waals surface area (Å²) in [5, 5.41) is 8.83. The van der Waals surface area contributed by atoms with E-state index < -0.39 is 11.7 Å². The number of pyridine rings is 1. The summed E-state index contributed by atoms with van der Waals surface area (Å²) in [5.41, 5.74) is -0.806. The summed E-state index contributed by atoms with van der Waals surface area (Å²) in [6.45, 7) is 0. The van der Waals surface area contributed by atoms with E-state index in [0.29, 0.717) is 0 Å². The molecule has 0 aliphatic carbocycles. The molecule has 0 N–H and O–H groups in total. The van der Waals surface area contributed by atoms with E-state index in [1.807, 2.05) is 6.07 Å². The molecule has 2 heterocycles. The molecule has 18 heavy (non-hydrogen) atoms. The van der Waals surface area contributed by atoms with E-state index >= 15 is 0 Å². The maximum Gasteiger partial charge on any atom is 0.420 e. The molecule has 0 atom stereocenters. The van der Waals surface area contributed by atoms with Crippen molar-refractivity contribution in [1.29, 1.82) is 5.26 Å². The Morgan fingerprint density at radius 2 is 2.11 bits per heavy atom. The van der Waals surface area contributed by atoms with Crippen LogP contribution in [0.25, 0.3) is 5.82 Å². The first-order chi connectivity index (χ1) is 8.43. The summed E-state index contributed by atoms with van der Waals surface area (Å²) in [7, 11) is 0. The summed E-state index contributed by atoms with van der Waals surface area (Å²) < 4.78 is 40.0. The Balaban J connectivity index is 2.69. The highest BCUT2D eigenvalue weighted by molar-refractivity contribution is 9.10. The predicted molar refractivity (Wildman–Crippen MR) is 61.0 cm³/mol. The summed E-state index contributed by atoms with van der Waals surface area (Å²) in [4.78, 5) is 3.74. The quantitative estimate of drug-likeness (QED) is 0.808. The zero-order valence-corrected chi connectivity index (χ0v) is 10.3. The smallest absolute Gasteiger partial charge is 0.292 e. The van der Waals surface area contributed by atoms with Gasteiger partial charge in [0.05, 0.1) is 5.56 Å². The van der Waals surface area contributed by atoms with Gasteiger partial charge < -0.3 is 0 Å². The van der Waals surface area contributed by atoms with Gasteiger partial charge in [-0.15, -0.1) is 0 Å². The van der Waals surface area contributed by atoms with Gasteiger partial charge in [-0.05, 0) is 34.1 Å². The van der Waals surface area contributed by atoms with E-state index in [0.717, 1.165) is 10.6 Å². The molecule has 0 saturated carbocycles. The Morgan fingerprint density at radius 3 is 2.72 bits per heavy atom. The second kappa shape index (κ2) is 4.46. The Labute approximate surface area is 109 Å². The van der Waals surface area contributed by atoms with Crippen molar-refractivity contribution in [3.05, 3.63) is 46.3 Å². The lowest BCUT2D eigenvalue weighted by Crippen LogP contribution is -2.13. The van der Waals surface area contributed by atoms with Crippen LogP contribution in [0, 0.1) is 11.3 Å². The highest BCUT2D eigenvalue weighted by Crippen LogP contribution is 2.34. The van der Waals surface area contributed by atoms with E-state index in [1.54, 1.807) is 0 Å². The second-order valence-corrected chi connectivity index (χ2v) is 4.31. The molecule has 0 aromatic carbocycles. The average Bonchev–Trinajstić information content (AvgIpc) is 2.75. The number of hydrogen-bond donors (Lipinski definition) is 0. The number of hydrogen-bond acceptors (Lipinski definition) is 2. The molecule has 2 aromatic heterocycles. The van der Waals surface area contributed by atoms with Crippen LogP contribution < -0.4 is 0 Å². The van der Waals surface area contributed by atoms with Crippen LogP contribution in [0.15, 0.2) is 35.1 Å². The van der Waals surface area contributed by atoms with Crippen molar-refractivity contribution in [3.8, 4) is 11.9 Å². The number of nitriles is 1. The van der Waals surface area contributed by atoms with Gasteiger partial charge in [0.25, 0.3) is 0 Å². The van der Waals surface area contributed by atoms with Crippen LogP contribution in [0.5, 0.6) is 0 Å². The third kappa shape index (κ3) is 2.24. The Morgan fingerprint density at radius 1 is 1.39 bits per heavy atom. The van der Waals surface area contributed by atoms with Crippen molar-refractivity contribution in [2.24, 2.45) is 0 Å². The number of alkyl halides is 3. The van der Waals surface area contributed by atoms with Crippen LogP contribution in [0.1, 0.15) is 11.3 Å². The molecule has 7 heteroatoms. The van der Waals surface area contributed by atoms with Gasteiger partial charge in [-0.3, -0.25) is 4.57 Å². The van der Waals surface area contributed by atoms with E-state index in [1.165, 1.54) is 24.5 Å². The molecule has 2 rings (SSSR count). The van der Waals surface area contributed by atoms with Gasteiger partial charge in [-0.1, -0.05) is 0 Å². The SMILES string of the molecule is N#Cc1cccn1-c1ncc(Br)cc1C(F)(F)F. The Bertz CT molecular complexity index is 625. The molecule has 92 valence electrons. The van der Waals surface area contributed by atoms with Crippen molar-refractivity contribution >= 4 is 15.9 Å². The zero-order valence-electron chi connectivity index (χ0n) is 8.74. The summed E-state index contributed by atoms with van der Waals surface area (Å²) in [5.74, 6) is -0.313. The number of nitrogens with zero attached hydrogens (tertiary/aromatic N) is 3. The molecular weight excluding hydrogens is 311 g/mol. The molecule has 0 bridgehead atoms. The maximum atomic E-state index is 12.9. The number of rotatable bonds is 1. The molecule has 0 aliphatic heterocycles. The van der Waals surface area contributed by atoms with Crippen molar-refractivity contribution in [2.45, 2.75) is 6.18 Å². The van der Waals surface area contributed by atoms with E-state index in [-0.39, 0.29) is 16.0 Å². The van der Waals surface area contributed by atoms with Gasteiger partial charge in [0, 0.05) is 16.9 Å². The van der Waals surface area contributed by atoms with E-state index in [4.69, 9.17) is 5.26 Å². The summed E-state index contributed by atoms with van der Waals surface area (Å²) in [6.07, 6.45) is -1.92. The minimum absolute atomic E-state index is 0.0929. The van der Waals surface area contributed by atoms with Crippen LogP contribution in [-0.4, -0.2) is 9.55 Å². The average molecular weight is 316 g/mol. The van der Waals surface area contributed by atoms with Gasteiger partial charge in [0.1, 0.15) is 17.6 Å². The molecule has 0 unspecified atom stereocenters. The van der Waals surface area contributed by atoms with Crippen LogP contribution in [0.2, 0.25) is 0 Å². The normalized spacial score (nSPS) is 11.3. The van der Waals surface area contributed by atoms with Crippen molar-refractivity contribution in [3.63, 3.8) is 0 Å². The predicted octanol–water partition coefficient (Wildman–Crippen LogP) is 3.53. The third-order valence-corrected chi connectivity index (χ3v) is 2.66. The first kappa shape index (κ1) is 12.6. The van der Waals surface area contributed by atoms with Crippen molar-refractivity contribution < 1.29 is 13.2 Å². The standard InChI is InChI=1S/C11H5BrF3N3/c12-7-4-9(11(13,14)15)10(17-6-7)18-3-1-2-8(18)5-16/h1-4,6H. The summed E-state index contributed by atoms with van der Waals surface area (Å²) in [6, 6.07) is 5.65. The highest BCUT2D eigenvalue weighted by atomic mass is 79.9. The molecule has 0 radical (unpaired) electrons. The van der Waals surface area contributed by atoms with Crippen LogP contribution in [0.3, 0.4) is 0 Å². The van der Waals surface area contributed by atoms with Gasteiger partial charge in [-0.25, -0.2) is 4.98 Å². The molecular formula is C11H5BrF3N3. The molecule has 3 nitrogen and oxygen atoms in total. The lowest BCUT2D eigenvalue weighted by molar-refractivity contribution is -0.137. The zero-order chi connectivity index (χ0) is 13.3. The Hall–Kier alpha value is -1.81. The second-order valence-electron chi connectivity index (χ2n) is 3.40. The lowest BCUT2D eigenvalue weighted by Gasteiger charge is -2.13. The van der Waals surface area contributed by atoms with Crippen LogP contribution >= 0.6 is 15.9 Å². The molecule has 0 spiro atoms. The maximum absolute atomic E-state index is 12.9. The molecule has 0 fully saturated rings. The van der Waals surface area contributed by atoms with Gasteiger partial charge in [0.2, 0.25) is 0 Å². The fourth-order valence-electron chi connectivity index (χ4n) is 1.49. The van der Waals surface area contributed by atoms with Gasteiger partial charge in [-0.2, -0.15) is 18.4 Å². The van der Waals surface area contributed by atoms with Gasteiger partial charge >= 0.3 is 6.18 Å². The monoisotopic (exact) mass is 315 g/mol. The highest BCUT2D eigenvalue weighted by Gasteiger charge is 2.35. The topological polar surface area (TPSA) is 41.6 Å². The first-order valence-corrected chi connectivity index (χ1v) is 5.53. The largest absolute Gasteiger partial charge is 0.420 e. The molecule has 0 amide bonds. The summed E-state index contributed by atoms with van der Waals surface area (Å²) >= 11 is 2.95. The fourth-order valence-corrected chi connectivity index (χ4v) is 1.82. The first-order valence-electron chi connectivity index (χ1n) is 4.74.